The van der Waals surface area contributed by atoms with E-state index in [1.807, 2.05) is 7.05 Å². The van der Waals surface area contributed by atoms with Crippen LogP contribution in [-0.4, -0.2) is 24.5 Å². The van der Waals surface area contributed by atoms with Crippen molar-refractivity contribution in [3.05, 3.63) is 29.8 Å². The van der Waals surface area contributed by atoms with Gasteiger partial charge in [-0.15, -0.1) is 11.8 Å². The van der Waals surface area contributed by atoms with E-state index in [1.165, 1.54) is 10.5 Å². The number of benzene rings is 1. The van der Waals surface area contributed by atoms with E-state index in [-0.39, 0.29) is 6.10 Å². The summed E-state index contributed by atoms with van der Waals surface area (Å²) in [6, 6.07) is 9.29. The van der Waals surface area contributed by atoms with Crippen LogP contribution in [0.5, 0.6) is 0 Å². The number of nitrogens with one attached hydrogen (secondary N) is 1. The highest BCUT2D eigenvalue weighted by atomic mass is 32.2. The Bertz CT molecular complexity index is 357. The number of rotatable bonds is 4. The lowest BCUT2D eigenvalue weighted by Gasteiger charge is -2.32. The van der Waals surface area contributed by atoms with Crippen molar-refractivity contribution in [1.82, 2.24) is 5.32 Å². The summed E-state index contributed by atoms with van der Waals surface area (Å²) in [6.07, 6.45) is 6.18. The topological polar surface area (TPSA) is 32.3 Å². The highest BCUT2D eigenvalue weighted by Crippen LogP contribution is 2.34. The first-order valence-electron chi connectivity index (χ1n) is 6.74. The van der Waals surface area contributed by atoms with Crippen molar-refractivity contribution < 1.29 is 5.11 Å². The molecule has 100 valence electrons. The molecule has 0 saturated heterocycles. The molecular formula is C15H23NOS. The van der Waals surface area contributed by atoms with E-state index >= 15 is 0 Å². The smallest absolute Gasteiger partial charge is 0.0540 e. The maximum absolute atomic E-state index is 9.60. The summed E-state index contributed by atoms with van der Waals surface area (Å²) in [5, 5.41) is 13.0. The average Bonchev–Trinajstić information content (AvgIpc) is 2.42. The van der Waals surface area contributed by atoms with E-state index in [4.69, 9.17) is 0 Å². The molecule has 1 unspecified atom stereocenters. The molecule has 3 heteroatoms. The third-order valence-electron chi connectivity index (χ3n) is 4.00. The molecule has 2 N–H and O–H groups in total. The van der Waals surface area contributed by atoms with Crippen molar-refractivity contribution in [3.63, 3.8) is 0 Å². The van der Waals surface area contributed by atoms with Crippen LogP contribution in [0.4, 0.5) is 0 Å². The van der Waals surface area contributed by atoms with Gasteiger partial charge in [-0.2, -0.15) is 0 Å². The van der Waals surface area contributed by atoms with Crippen LogP contribution < -0.4 is 5.32 Å². The molecule has 18 heavy (non-hydrogen) atoms. The van der Waals surface area contributed by atoms with Crippen LogP contribution >= 0.6 is 11.8 Å². The Labute approximate surface area is 114 Å². The van der Waals surface area contributed by atoms with Gasteiger partial charge in [0.1, 0.15) is 0 Å². The maximum Gasteiger partial charge on any atom is 0.0540 e. The summed E-state index contributed by atoms with van der Waals surface area (Å²) in [6.45, 7) is 0. The largest absolute Gasteiger partial charge is 0.393 e. The quantitative estimate of drug-likeness (QED) is 0.820. The Kier molecular flexibility index (Phi) is 5.10. The molecule has 1 fully saturated rings. The Morgan fingerprint density at radius 3 is 2.28 bits per heavy atom. The molecule has 0 radical (unpaired) electrons. The first-order chi connectivity index (χ1) is 8.74. The molecule has 0 aromatic heterocycles. The molecule has 1 saturated carbocycles. The summed E-state index contributed by atoms with van der Waals surface area (Å²) in [5.74, 6) is 0.651. The van der Waals surface area contributed by atoms with Gasteiger partial charge in [-0.25, -0.2) is 0 Å². The SMILES string of the molecule is CNC(c1ccc(SC)cc1)C1CCC(O)CC1. The molecule has 2 nitrogen and oxygen atoms in total. The second-order valence-corrected chi connectivity index (χ2v) is 5.99. The van der Waals surface area contributed by atoms with Crippen molar-refractivity contribution in [3.8, 4) is 0 Å². The van der Waals surface area contributed by atoms with Crippen LogP contribution in [0.25, 0.3) is 0 Å². The first-order valence-corrected chi connectivity index (χ1v) is 7.96. The van der Waals surface area contributed by atoms with E-state index in [0.717, 1.165) is 25.7 Å². The Morgan fingerprint density at radius 2 is 1.78 bits per heavy atom. The minimum absolute atomic E-state index is 0.0716. The lowest BCUT2D eigenvalue weighted by molar-refractivity contribution is 0.0981. The van der Waals surface area contributed by atoms with Gasteiger partial charge in [0.2, 0.25) is 0 Å². The van der Waals surface area contributed by atoms with Gasteiger partial charge < -0.3 is 10.4 Å². The van der Waals surface area contributed by atoms with Crippen molar-refractivity contribution in [2.45, 2.75) is 42.7 Å². The standard InChI is InChI=1S/C15H23NOS/c1-16-15(11-3-7-13(17)8-4-11)12-5-9-14(18-2)10-6-12/h5-6,9-11,13,15-17H,3-4,7-8H2,1-2H3. The minimum Gasteiger partial charge on any atom is -0.393 e. The van der Waals surface area contributed by atoms with Gasteiger partial charge in [0.05, 0.1) is 6.10 Å². The molecule has 1 atom stereocenters. The van der Waals surface area contributed by atoms with Crippen molar-refractivity contribution in [2.75, 3.05) is 13.3 Å². The Hall–Kier alpha value is -0.510. The molecule has 1 aliphatic carbocycles. The fourth-order valence-corrected chi connectivity index (χ4v) is 3.33. The predicted octanol–water partition coefficient (Wildman–Crippen LogP) is 3.22. The summed E-state index contributed by atoms with van der Waals surface area (Å²) >= 11 is 1.78. The molecule has 0 amide bonds. The van der Waals surface area contributed by atoms with Gasteiger partial charge >= 0.3 is 0 Å². The maximum atomic E-state index is 9.60. The zero-order valence-corrected chi connectivity index (χ0v) is 12.0. The molecule has 1 aromatic carbocycles. The van der Waals surface area contributed by atoms with Gasteiger partial charge in [-0.3, -0.25) is 0 Å². The van der Waals surface area contributed by atoms with Crippen LogP contribution in [-0.2, 0) is 0 Å². The van der Waals surface area contributed by atoms with Gasteiger partial charge in [0.25, 0.3) is 0 Å². The molecular weight excluding hydrogens is 242 g/mol. The fraction of sp³-hybridized carbons (Fsp3) is 0.600. The Balaban J connectivity index is 2.07. The average molecular weight is 265 g/mol. The van der Waals surface area contributed by atoms with Crippen LogP contribution in [0.3, 0.4) is 0 Å². The highest BCUT2D eigenvalue weighted by molar-refractivity contribution is 7.98. The van der Waals surface area contributed by atoms with Gasteiger partial charge in [0.15, 0.2) is 0 Å². The highest BCUT2D eigenvalue weighted by Gasteiger charge is 2.26. The molecule has 0 spiro atoms. The second-order valence-electron chi connectivity index (χ2n) is 5.11. The van der Waals surface area contributed by atoms with Crippen LogP contribution in [0, 0.1) is 5.92 Å². The lowest BCUT2D eigenvalue weighted by atomic mass is 9.80. The summed E-state index contributed by atoms with van der Waals surface area (Å²) < 4.78 is 0. The molecule has 2 rings (SSSR count). The van der Waals surface area contributed by atoms with Crippen LogP contribution in [0.15, 0.2) is 29.2 Å². The van der Waals surface area contributed by atoms with Crippen molar-refractivity contribution in [2.24, 2.45) is 5.92 Å². The number of aliphatic hydroxyl groups is 1. The lowest BCUT2D eigenvalue weighted by Crippen LogP contribution is -2.30. The van der Waals surface area contributed by atoms with Crippen molar-refractivity contribution in [1.29, 1.82) is 0 Å². The Morgan fingerprint density at radius 1 is 1.17 bits per heavy atom. The zero-order chi connectivity index (χ0) is 13.0. The normalized spacial score (nSPS) is 25.9. The van der Waals surface area contributed by atoms with E-state index in [1.54, 1.807) is 11.8 Å². The number of thioether (sulfide) groups is 1. The second kappa shape index (κ2) is 6.60. The fourth-order valence-electron chi connectivity index (χ4n) is 2.92. The van der Waals surface area contributed by atoms with E-state index < -0.39 is 0 Å². The van der Waals surface area contributed by atoms with E-state index in [9.17, 15) is 5.11 Å². The summed E-state index contributed by atoms with van der Waals surface area (Å²) in [4.78, 5) is 1.31. The summed E-state index contributed by atoms with van der Waals surface area (Å²) in [7, 11) is 2.04. The molecule has 0 heterocycles. The number of aliphatic hydroxyl groups excluding tert-OH is 1. The third-order valence-corrected chi connectivity index (χ3v) is 4.74. The molecule has 0 bridgehead atoms. The van der Waals surface area contributed by atoms with Gasteiger partial charge in [0, 0.05) is 10.9 Å². The van der Waals surface area contributed by atoms with E-state index in [0.29, 0.717) is 12.0 Å². The monoisotopic (exact) mass is 265 g/mol. The molecule has 1 aromatic rings. The predicted molar refractivity (Wildman–Crippen MR) is 78.0 cm³/mol. The van der Waals surface area contributed by atoms with Crippen LogP contribution in [0.1, 0.15) is 37.3 Å². The van der Waals surface area contributed by atoms with Crippen molar-refractivity contribution >= 4 is 11.8 Å². The van der Waals surface area contributed by atoms with Gasteiger partial charge in [-0.05, 0) is 62.6 Å². The molecule has 0 aliphatic heterocycles. The van der Waals surface area contributed by atoms with Crippen LogP contribution in [0.2, 0.25) is 0 Å². The zero-order valence-electron chi connectivity index (χ0n) is 11.2. The minimum atomic E-state index is -0.0716. The number of hydrogen-bond donors (Lipinski definition) is 2. The number of hydrogen-bond acceptors (Lipinski definition) is 3. The third kappa shape index (κ3) is 3.28. The first kappa shape index (κ1) is 13.9. The molecule has 1 aliphatic rings. The van der Waals surface area contributed by atoms with E-state index in [2.05, 4.69) is 35.8 Å². The van der Waals surface area contributed by atoms with Gasteiger partial charge in [-0.1, -0.05) is 12.1 Å². The summed E-state index contributed by atoms with van der Waals surface area (Å²) in [5.41, 5.74) is 1.37.